The minimum Gasteiger partial charge on any atom is -0.309 e. The molecule has 2 rings (SSSR count). The molecule has 0 fully saturated rings. The van der Waals surface area contributed by atoms with Gasteiger partial charge in [0.15, 0.2) is 0 Å². The minimum atomic E-state index is 0.205. The monoisotopic (exact) mass is 264 g/mol. The van der Waals surface area contributed by atoms with Crippen LogP contribution in [0.4, 0.5) is 0 Å². The Morgan fingerprint density at radius 2 is 2.00 bits per heavy atom. The number of nitrogens with one attached hydrogen (secondary N) is 1. The predicted molar refractivity (Wildman–Crippen MR) is 73.2 cm³/mol. The fraction of sp³-hybridized carbons (Fsp3) is 0.385. The van der Waals surface area contributed by atoms with Crippen molar-refractivity contribution in [1.82, 2.24) is 20.3 Å². The van der Waals surface area contributed by atoms with Crippen molar-refractivity contribution in [3.63, 3.8) is 0 Å². The van der Waals surface area contributed by atoms with Crippen LogP contribution in [-0.2, 0) is 0 Å². The number of halogens is 1. The Morgan fingerprint density at radius 1 is 1.33 bits per heavy atom. The largest absolute Gasteiger partial charge is 0.309 e. The number of hydrogen-bond donors (Lipinski definition) is 1. The molecule has 1 aromatic carbocycles. The Labute approximate surface area is 112 Å². The number of rotatable bonds is 4. The van der Waals surface area contributed by atoms with Crippen molar-refractivity contribution in [2.24, 2.45) is 0 Å². The zero-order valence-electron chi connectivity index (χ0n) is 10.8. The minimum absolute atomic E-state index is 0.205. The molecule has 0 saturated heterocycles. The van der Waals surface area contributed by atoms with Gasteiger partial charge in [-0.25, -0.2) is 4.68 Å². The predicted octanol–water partition coefficient (Wildman–Crippen LogP) is 2.90. The Balaban J connectivity index is 2.33. The highest BCUT2D eigenvalue weighted by molar-refractivity contribution is 6.30. The fourth-order valence-electron chi connectivity index (χ4n) is 1.97. The lowest BCUT2D eigenvalue weighted by molar-refractivity contribution is 0.579. The molecule has 5 heteroatoms. The molecule has 0 bridgehead atoms. The van der Waals surface area contributed by atoms with Crippen molar-refractivity contribution in [3.05, 3.63) is 40.7 Å². The molecule has 1 atom stereocenters. The highest BCUT2D eigenvalue weighted by Gasteiger charge is 2.15. The van der Waals surface area contributed by atoms with Crippen molar-refractivity contribution < 1.29 is 0 Å². The van der Waals surface area contributed by atoms with E-state index in [1.54, 1.807) is 0 Å². The van der Waals surface area contributed by atoms with E-state index in [1.165, 1.54) is 0 Å². The van der Waals surface area contributed by atoms with Gasteiger partial charge < -0.3 is 5.32 Å². The SMILES string of the molecule is CCNC(C)c1nnn(-c2ccc(Cl)cc2)c1C. The van der Waals surface area contributed by atoms with Crippen LogP contribution in [0.5, 0.6) is 0 Å². The molecule has 0 aliphatic rings. The van der Waals surface area contributed by atoms with Crippen LogP contribution in [0.3, 0.4) is 0 Å². The number of hydrogen-bond acceptors (Lipinski definition) is 3. The lowest BCUT2D eigenvalue weighted by atomic mass is 10.2. The summed E-state index contributed by atoms with van der Waals surface area (Å²) in [5.41, 5.74) is 3.00. The number of nitrogens with zero attached hydrogens (tertiary/aromatic N) is 3. The molecule has 2 aromatic rings. The topological polar surface area (TPSA) is 42.7 Å². The summed E-state index contributed by atoms with van der Waals surface area (Å²) in [4.78, 5) is 0. The first-order chi connectivity index (χ1) is 8.63. The Kier molecular flexibility index (Phi) is 3.99. The first-order valence-electron chi connectivity index (χ1n) is 6.05. The molecular weight excluding hydrogens is 248 g/mol. The Hall–Kier alpha value is -1.39. The van der Waals surface area contributed by atoms with Crippen molar-refractivity contribution >= 4 is 11.6 Å². The van der Waals surface area contributed by atoms with E-state index in [2.05, 4.69) is 29.5 Å². The highest BCUT2D eigenvalue weighted by atomic mass is 35.5. The average Bonchev–Trinajstić information content (AvgIpc) is 2.73. The van der Waals surface area contributed by atoms with Gasteiger partial charge in [-0.15, -0.1) is 5.10 Å². The molecule has 0 spiro atoms. The summed E-state index contributed by atoms with van der Waals surface area (Å²) in [5.74, 6) is 0. The Bertz CT molecular complexity index is 518. The van der Waals surface area contributed by atoms with Gasteiger partial charge in [0.05, 0.1) is 17.4 Å². The molecule has 18 heavy (non-hydrogen) atoms. The molecule has 0 radical (unpaired) electrons. The smallest absolute Gasteiger partial charge is 0.103 e. The van der Waals surface area contributed by atoms with Gasteiger partial charge in [0.25, 0.3) is 0 Å². The standard InChI is InChI=1S/C13H17ClN4/c1-4-15-9(2)13-10(3)18(17-16-13)12-7-5-11(14)6-8-12/h5-9,15H,4H2,1-3H3. The van der Waals surface area contributed by atoms with E-state index < -0.39 is 0 Å². The molecule has 0 amide bonds. The summed E-state index contributed by atoms with van der Waals surface area (Å²) in [6.07, 6.45) is 0. The zero-order valence-corrected chi connectivity index (χ0v) is 11.6. The van der Waals surface area contributed by atoms with Gasteiger partial charge >= 0.3 is 0 Å². The van der Waals surface area contributed by atoms with E-state index in [4.69, 9.17) is 11.6 Å². The summed E-state index contributed by atoms with van der Waals surface area (Å²) in [6.45, 7) is 7.11. The summed E-state index contributed by atoms with van der Waals surface area (Å²) < 4.78 is 1.83. The molecule has 1 aromatic heterocycles. The van der Waals surface area contributed by atoms with Gasteiger partial charge in [0, 0.05) is 5.02 Å². The molecule has 0 aliphatic carbocycles. The van der Waals surface area contributed by atoms with Gasteiger partial charge in [-0.1, -0.05) is 23.7 Å². The van der Waals surface area contributed by atoms with E-state index in [0.29, 0.717) is 0 Å². The van der Waals surface area contributed by atoms with E-state index in [9.17, 15) is 0 Å². The first-order valence-corrected chi connectivity index (χ1v) is 6.42. The molecule has 96 valence electrons. The lowest BCUT2D eigenvalue weighted by Crippen LogP contribution is -2.19. The molecule has 1 heterocycles. The number of benzene rings is 1. The molecular formula is C13H17ClN4. The summed E-state index contributed by atoms with van der Waals surface area (Å²) in [5, 5.41) is 12.5. The normalized spacial score (nSPS) is 12.7. The van der Waals surface area contributed by atoms with E-state index in [0.717, 1.165) is 28.6 Å². The second-order valence-electron chi connectivity index (χ2n) is 4.23. The summed E-state index contributed by atoms with van der Waals surface area (Å²) >= 11 is 5.88. The third-order valence-corrected chi connectivity index (χ3v) is 3.17. The maximum Gasteiger partial charge on any atom is 0.103 e. The number of aromatic nitrogens is 3. The van der Waals surface area contributed by atoms with Gasteiger partial charge in [0.2, 0.25) is 0 Å². The maximum atomic E-state index is 5.88. The molecule has 1 unspecified atom stereocenters. The van der Waals surface area contributed by atoms with Crippen molar-refractivity contribution in [1.29, 1.82) is 0 Å². The van der Waals surface area contributed by atoms with Crippen LogP contribution in [0.2, 0.25) is 5.02 Å². The quantitative estimate of drug-likeness (QED) is 0.923. The second-order valence-corrected chi connectivity index (χ2v) is 4.66. The van der Waals surface area contributed by atoms with Crippen LogP contribution in [-0.4, -0.2) is 21.5 Å². The van der Waals surface area contributed by atoms with Crippen LogP contribution in [0, 0.1) is 6.92 Å². The lowest BCUT2D eigenvalue weighted by Gasteiger charge is -2.10. The van der Waals surface area contributed by atoms with Crippen LogP contribution >= 0.6 is 11.6 Å². The van der Waals surface area contributed by atoms with E-state index in [1.807, 2.05) is 35.9 Å². The van der Waals surface area contributed by atoms with Gasteiger partial charge in [-0.05, 0) is 44.7 Å². The van der Waals surface area contributed by atoms with Crippen molar-refractivity contribution in [2.45, 2.75) is 26.8 Å². The highest BCUT2D eigenvalue weighted by Crippen LogP contribution is 2.18. The third-order valence-electron chi connectivity index (χ3n) is 2.92. The van der Waals surface area contributed by atoms with Crippen LogP contribution in [0.15, 0.2) is 24.3 Å². The molecule has 4 nitrogen and oxygen atoms in total. The van der Waals surface area contributed by atoms with Crippen LogP contribution < -0.4 is 5.32 Å². The van der Waals surface area contributed by atoms with Gasteiger partial charge in [-0.3, -0.25) is 0 Å². The molecule has 0 aliphatic heterocycles. The zero-order chi connectivity index (χ0) is 13.1. The first kappa shape index (κ1) is 13.1. The Morgan fingerprint density at radius 3 is 2.61 bits per heavy atom. The fourth-order valence-corrected chi connectivity index (χ4v) is 2.10. The third kappa shape index (κ3) is 2.54. The van der Waals surface area contributed by atoms with E-state index in [-0.39, 0.29) is 6.04 Å². The summed E-state index contributed by atoms with van der Waals surface area (Å²) in [6, 6.07) is 7.78. The molecule has 1 N–H and O–H groups in total. The molecule has 0 saturated carbocycles. The van der Waals surface area contributed by atoms with Crippen LogP contribution in [0.1, 0.15) is 31.3 Å². The van der Waals surface area contributed by atoms with Crippen molar-refractivity contribution in [3.8, 4) is 5.69 Å². The van der Waals surface area contributed by atoms with Crippen LogP contribution in [0.25, 0.3) is 5.69 Å². The van der Waals surface area contributed by atoms with Crippen molar-refractivity contribution in [2.75, 3.05) is 6.54 Å². The van der Waals surface area contributed by atoms with Gasteiger partial charge in [0.1, 0.15) is 5.69 Å². The second kappa shape index (κ2) is 5.50. The van der Waals surface area contributed by atoms with E-state index >= 15 is 0 Å². The van der Waals surface area contributed by atoms with Gasteiger partial charge in [-0.2, -0.15) is 0 Å². The average molecular weight is 265 g/mol. The summed E-state index contributed by atoms with van der Waals surface area (Å²) in [7, 11) is 0. The maximum absolute atomic E-state index is 5.88.